The number of aryl methyl sites for hydroxylation is 1. The summed E-state index contributed by atoms with van der Waals surface area (Å²) in [6.07, 6.45) is 0. The van der Waals surface area contributed by atoms with Crippen molar-refractivity contribution in [3.8, 4) is 5.69 Å². The lowest BCUT2D eigenvalue weighted by Crippen LogP contribution is -1.98. The number of halogens is 2. The highest BCUT2D eigenvalue weighted by Gasteiger charge is 2.04. The molecule has 0 saturated heterocycles. The molecular formula is C11H10BrClN2. The standard InChI is InChI=1S/C11H10BrClN2/c1-8-6-10(7-13)14-15(8)11-4-2-9(12)3-5-11/h2-6H,7H2,1H3. The van der Waals surface area contributed by atoms with Gasteiger partial charge in [-0.15, -0.1) is 11.6 Å². The monoisotopic (exact) mass is 284 g/mol. The summed E-state index contributed by atoms with van der Waals surface area (Å²) >= 11 is 9.15. The predicted molar refractivity (Wildman–Crippen MR) is 65.6 cm³/mol. The minimum Gasteiger partial charge on any atom is -0.238 e. The number of rotatable bonds is 2. The van der Waals surface area contributed by atoms with E-state index in [0.29, 0.717) is 5.88 Å². The van der Waals surface area contributed by atoms with Gasteiger partial charge in [0.25, 0.3) is 0 Å². The molecule has 15 heavy (non-hydrogen) atoms. The van der Waals surface area contributed by atoms with Crippen molar-refractivity contribution in [2.75, 3.05) is 0 Å². The van der Waals surface area contributed by atoms with Crippen molar-refractivity contribution in [2.24, 2.45) is 0 Å². The van der Waals surface area contributed by atoms with E-state index in [0.717, 1.165) is 21.5 Å². The Morgan fingerprint density at radius 1 is 1.33 bits per heavy atom. The Bertz CT molecular complexity index is 462. The molecule has 0 saturated carbocycles. The van der Waals surface area contributed by atoms with Gasteiger partial charge < -0.3 is 0 Å². The van der Waals surface area contributed by atoms with E-state index in [-0.39, 0.29) is 0 Å². The average molecular weight is 286 g/mol. The van der Waals surface area contributed by atoms with Gasteiger partial charge in [0, 0.05) is 10.2 Å². The number of aromatic nitrogens is 2. The lowest BCUT2D eigenvalue weighted by molar-refractivity contribution is 0.830. The van der Waals surface area contributed by atoms with Gasteiger partial charge in [-0.25, -0.2) is 4.68 Å². The van der Waals surface area contributed by atoms with Crippen LogP contribution in [0.2, 0.25) is 0 Å². The highest BCUT2D eigenvalue weighted by atomic mass is 79.9. The van der Waals surface area contributed by atoms with E-state index in [1.165, 1.54) is 0 Å². The fourth-order valence-corrected chi connectivity index (χ4v) is 1.84. The highest BCUT2D eigenvalue weighted by molar-refractivity contribution is 9.10. The minimum absolute atomic E-state index is 0.449. The predicted octanol–water partition coefficient (Wildman–Crippen LogP) is 3.68. The van der Waals surface area contributed by atoms with Crippen molar-refractivity contribution in [3.63, 3.8) is 0 Å². The third-order valence-corrected chi connectivity index (χ3v) is 2.95. The van der Waals surface area contributed by atoms with Crippen LogP contribution in [0.15, 0.2) is 34.8 Å². The molecule has 0 atom stereocenters. The smallest absolute Gasteiger partial charge is 0.0779 e. The van der Waals surface area contributed by atoms with Gasteiger partial charge in [0.2, 0.25) is 0 Å². The first-order valence-electron chi connectivity index (χ1n) is 4.58. The molecule has 1 aromatic heterocycles. The molecule has 2 aromatic rings. The molecule has 0 fully saturated rings. The number of hydrogen-bond acceptors (Lipinski definition) is 1. The van der Waals surface area contributed by atoms with Crippen LogP contribution in [-0.4, -0.2) is 9.78 Å². The Morgan fingerprint density at radius 2 is 2.00 bits per heavy atom. The molecule has 0 unspecified atom stereocenters. The Balaban J connectivity index is 2.44. The first-order chi connectivity index (χ1) is 7.20. The molecular weight excluding hydrogens is 275 g/mol. The molecule has 0 N–H and O–H groups in total. The van der Waals surface area contributed by atoms with Crippen LogP contribution in [0, 0.1) is 6.92 Å². The van der Waals surface area contributed by atoms with E-state index in [2.05, 4.69) is 21.0 Å². The van der Waals surface area contributed by atoms with E-state index in [9.17, 15) is 0 Å². The first kappa shape index (κ1) is 10.7. The second-order valence-electron chi connectivity index (χ2n) is 3.30. The summed E-state index contributed by atoms with van der Waals surface area (Å²) in [6, 6.07) is 10.0. The van der Waals surface area contributed by atoms with E-state index < -0.39 is 0 Å². The van der Waals surface area contributed by atoms with Crippen LogP contribution in [0.5, 0.6) is 0 Å². The molecule has 0 bridgehead atoms. The van der Waals surface area contributed by atoms with Crippen LogP contribution < -0.4 is 0 Å². The fraction of sp³-hybridized carbons (Fsp3) is 0.182. The molecule has 0 aliphatic carbocycles. The molecule has 0 amide bonds. The SMILES string of the molecule is Cc1cc(CCl)nn1-c1ccc(Br)cc1. The summed E-state index contributed by atoms with van der Waals surface area (Å²) in [5.41, 5.74) is 3.04. The summed E-state index contributed by atoms with van der Waals surface area (Å²) in [6.45, 7) is 2.02. The maximum absolute atomic E-state index is 5.74. The van der Waals surface area contributed by atoms with Gasteiger partial charge >= 0.3 is 0 Å². The maximum Gasteiger partial charge on any atom is 0.0779 e. The summed E-state index contributed by atoms with van der Waals surface area (Å²) in [4.78, 5) is 0. The zero-order chi connectivity index (χ0) is 10.8. The van der Waals surface area contributed by atoms with E-state index in [4.69, 9.17) is 11.6 Å². The number of alkyl halides is 1. The molecule has 0 radical (unpaired) electrons. The van der Waals surface area contributed by atoms with Gasteiger partial charge in [0.15, 0.2) is 0 Å². The van der Waals surface area contributed by atoms with Gasteiger partial charge in [-0.2, -0.15) is 5.10 Å². The fourth-order valence-electron chi connectivity index (χ4n) is 1.45. The van der Waals surface area contributed by atoms with Crippen molar-refractivity contribution < 1.29 is 0 Å². The quantitative estimate of drug-likeness (QED) is 0.770. The molecule has 78 valence electrons. The molecule has 0 aliphatic rings. The van der Waals surface area contributed by atoms with Crippen LogP contribution in [0.3, 0.4) is 0 Å². The Kier molecular flexibility index (Phi) is 3.12. The Hall–Kier alpha value is -0.800. The Labute approximate surface area is 102 Å². The normalized spacial score (nSPS) is 10.6. The van der Waals surface area contributed by atoms with E-state index in [1.807, 2.05) is 41.9 Å². The highest BCUT2D eigenvalue weighted by Crippen LogP contribution is 2.16. The van der Waals surface area contributed by atoms with Crippen molar-refractivity contribution in [3.05, 3.63) is 46.2 Å². The summed E-state index contributed by atoms with van der Waals surface area (Å²) in [7, 11) is 0. The van der Waals surface area contributed by atoms with Crippen molar-refractivity contribution in [1.29, 1.82) is 0 Å². The molecule has 1 heterocycles. The minimum atomic E-state index is 0.449. The number of hydrogen-bond donors (Lipinski definition) is 0. The largest absolute Gasteiger partial charge is 0.238 e. The lowest BCUT2D eigenvalue weighted by atomic mass is 10.3. The topological polar surface area (TPSA) is 17.8 Å². The molecule has 0 spiro atoms. The number of benzene rings is 1. The summed E-state index contributed by atoms with van der Waals surface area (Å²) < 4.78 is 2.96. The first-order valence-corrected chi connectivity index (χ1v) is 5.91. The van der Waals surface area contributed by atoms with Crippen LogP contribution in [0.25, 0.3) is 5.69 Å². The summed E-state index contributed by atoms with van der Waals surface area (Å²) in [5.74, 6) is 0.449. The van der Waals surface area contributed by atoms with Crippen LogP contribution in [0.4, 0.5) is 0 Å². The molecule has 1 aromatic carbocycles. The van der Waals surface area contributed by atoms with Crippen LogP contribution in [-0.2, 0) is 5.88 Å². The summed E-state index contributed by atoms with van der Waals surface area (Å²) in [5, 5.41) is 4.40. The van der Waals surface area contributed by atoms with Crippen molar-refractivity contribution in [2.45, 2.75) is 12.8 Å². The van der Waals surface area contributed by atoms with Crippen LogP contribution >= 0.6 is 27.5 Å². The van der Waals surface area contributed by atoms with Crippen molar-refractivity contribution >= 4 is 27.5 Å². The second kappa shape index (κ2) is 4.37. The van der Waals surface area contributed by atoms with Gasteiger partial charge in [-0.1, -0.05) is 15.9 Å². The maximum atomic E-state index is 5.74. The van der Waals surface area contributed by atoms with E-state index >= 15 is 0 Å². The van der Waals surface area contributed by atoms with Crippen LogP contribution in [0.1, 0.15) is 11.4 Å². The van der Waals surface area contributed by atoms with E-state index in [1.54, 1.807) is 0 Å². The van der Waals surface area contributed by atoms with Gasteiger partial charge in [-0.05, 0) is 37.3 Å². The van der Waals surface area contributed by atoms with Gasteiger partial charge in [0.05, 0.1) is 17.3 Å². The number of nitrogens with zero attached hydrogens (tertiary/aromatic N) is 2. The van der Waals surface area contributed by atoms with Gasteiger partial charge in [0.1, 0.15) is 0 Å². The lowest BCUT2D eigenvalue weighted by Gasteiger charge is -2.03. The average Bonchev–Trinajstić information content (AvgIpc) is 2.61. The second-order valence-corrected chi connectivity index (χ2v) is 4.48. The zero-order valence-electron chi connectivity index (χ0n) is 8.24. The zero-order valence-corrected chi connectivity index (χ0v) is 10.6. The van der Waals surface area contributed by atoms with Crippen molar-refractivity contribution in [1.82, 2.24) is 9.78 Å². The third kappa shape index (κ3) is 2.24. The molecule has 4 heteroatoms. The third-order valence-electron chi connectivity index (χ3n) is 2.15. The molecule has 2 rings (SSSR count). The Morgan fingerprint density at radius 3 is 2.53 bits per heavy atom. The van der Waals surface area contributed by atoms with Gasteiger partial charge in [-0.3, -0.25) is 0 Å². The molecule has 0 aliphatic heterocycles. The molecule has 2 nitrogen and oxygen atoms in total.